The quantitative estimate of drug-likeness (QED) is 0.474. The largest absolute Gasteiger partial charge is 0.394 e. The topological polar surface area (TPSA) is 123 Å². The highest BCUT2D eigenvalue weighted by Gasteiger charge is 2.27. The molecule has 3 amide bonds. The molecule has 1 aromatic heterocycles. The van der Waals surface area contributed by atoms with Crippen LogP contribution in [0.5, 0.6) is 0 Å². The van der Waals surface area contributed by atoms with Crippen molar-refractivity contribution in [2.24, 2.45) is 5.92 Å². The molecule has 0 unspecified atom stereocenters. The van der Waals surface area contributed by atoms with E-state index in [0.717, 1.165) is 10.9 Å². The first kappa shape index (κ1) is 17.9. The highest BCUT2D eigenvalue weighted by molar-refractivity contribution is 5.99. The van der Waals surface area contributed by atoms with Gasteiger partial charge in [0, 0.05) is 23.4 Å². The Morgan fingerprint density at radius 2 is 2.12 bits per heavy atom. The Kier molecular flexibility index (Phi) is 5.52. The van der Waals surface area contributed by atoms with Crippen molar-refractivity contribution in [1.82, 2.24) is 20.9 Å². The molecule has 2 heterocycles. The van der Waals surface area contributed by atoms with E-state index in [4.69, 9.17) is 0 Å². The van der Waals surface area contributed by atoms with Crippen molar-refractivity contribution in [2.75, 3.05) is 19.7 Å². The predicted molar refractivity (Wildman–Crippen MR) is 95.4 cm³/mol. The number of hydrogen-bond acceptors (Lipinski definition) is 4. The zero-order chi connectivity index (χ0) is 18.5. The minimum atomic E-state index is -0.513. The molecule has 5 N–H and O–H groups in total. The van der Waals surface area contributed by atoms with Crippen molar-refractivity contribution in [2.45, 2.75) is 18.9 Å². The zero-order valence-corrected chi connectivity index (χ0v) is 14.2. The molecule has 0 saturated carbocycles. The third-order valence-corrected chi connectivity index (χ3v) is 4.50. The lowest BCUT2D eigenvalue weighted by Gasteiger charge is -2.18. The fourth-order valence-electron chi connectivity index (χ4n) is 3.12. The van der Waals surface area contributed by atoms with Crippen molar-refractivity contribution in [3.63, 3.8) is 0 Å². The van der Waals surface area contributed by atoms with Crippen LogP contribution in [0.3, 0.4) is 0 Å². The second-order valence-corrected chi connectivity index (χ2v) is 6.41. The molecule has 1 aliphatic heterocycles. The van der Waals surface area contributed by atoms with Crippen LogP contribution in [-0.2, 0) is 9.59 Å². The van der Waals surface area contributed by atoms with E-state index in [1.165, 1.54) is 0 Å². The Hall–Kier alpha value is -2.87. The van der Waals surface area contributed by atoms with Gasteiger partial charge in [-0.25, -0.2) is 0 Å². The number of para-hydroxylation sites is 1. The van der Waals surface area contributed by atoms with Gasteiger partial charge < -0.3 is 26.0 Å². The van der Waals surface area contributed by atoms with Gasteiger partial charge in [0.15, 0.2) is 0 Å². The lowest BCUT2D eigenvalue weighted by molar-refractivity contribution is -0.124. The molecule has 0 spiro atoms. The van der Waals surface area contributed by atoms with Gasteiger partial charge in [-0.15, -0.1) is 0 Å². The first-order chi connectivity index (χ1) is 12.6. The van der Waals surface area contributed by atoms with Crippen LogP contribution in [0.15, 0.2) is 30.3 Å². The zero-order valence-electron chi connectivity index (χ0n) is 14.2. The van der Waals surface area contributed by atoms with E-state index in [-0.39, 0.29) is 30.9 Å². The van der Waals surface area contributed by atoms with Crippen molar-refractivity contribution >= 4 is 28.6 Å². The minimum absolute atomic E-state index is 0.0511. The fourth-order valence-corrected chi connectivity index (χ4v) is 3.12. The molecule has 138 valence electrons. The predicted octanol–water partition coefficient (Wildman–Crippen LogP) is -0.0990. The van der Waals surface area contributed by atoms with Gasteiger partial charge in [-0.2, -0.15) is 0 Å². The maximum absolute atomic E-state index is 12.2. The molecule has 0 aliphatic carbocycles. The molecule has 26 heavy (non-hydrogen) atoms. The van der Waals surface area contributed by atoms with Gasteiger partial charge in [-0.05, 0) is 25.0 Å². The smallest absolute Gasteiger partial charge is 0.268 e. The number of nitrogens with one attached hydrogen (secondary N) is 4. The molecule has 1 saturated heterocycles. The van der Waals surface area contributed by atoms with Gasteiger partial charge in [0.25, 0.3) is 5.91 Å². The van der Waals surface area contributed by atoms with E-state index in [1.54, 1.807) is 6.07 Å². The Balaban J connectivity index is 1.49. The molecule has 2 aromatic rings. The Bertz CT molecular complexity index is 783. The Labute approximate surface area is 150 Å². The average Bonchev–Trinajstić information content (AvgIpc) is 3.25. The standard InChI is InChI=1S/C18H22N4O4/c23-10-13(7-12-5-6-19-17(12)25)21-16(24)9-20-18(26)15-8-11-3-1-2-4-14(11)22-15/h1-4,8,12-13,22-23H,5-7,9-10H2,(H,19,25)(H,20,26)(H,21,24)/t12-,13-/m0/s1. The monoisotopic (exact) mass is 358 g/mol. The summed E-state index contributed by atoms with van der Waals surface area (Å²) >= 11 is 0. The van der Waals surface area contributed by atoms with Gasteiger partial charge >= 0.3 is 0 Å². The van der Waals surface area contributed by atoms with Crippen LogP contribution in [-0.4, -0.2) is 53.6 Å². The molecule has 3 rings (SSSR count). The summed E-state index contributed by atoms with van der Waals surface area (Å²) in [5, 5.41) is 18.3. The van der Waals surface area contributed by atoms with Crippen LogP contribution in [0.2, 0.25) is 0 Å². The molecule has 1 fully saturated rings. The second kappa shape index (κ2) is 8.01. The van der Waals surface area contributed by atoms with Gasteiger partial charge in [0.1, 0.15) is 5.69 Å². The van der Waals surface area contributed by atoms with E-state index in [1.807, 2.05) is 24.3 Å². The van der Waals surface area contributed by atoms with Crippen LogP contribution in [0, 0.1) is 5.92 Å². The summed E-state index contributed by atoms with van der Waals surface area (Å²) < 4.78 is 0. The molecule has 2 atom stereocenters. The maximum Gasteiger partial charge on any atom is 0.268 e. The summed E-state index contributed by atoms with van der Waals surface area (Å²) in [6, 6.07) is 8.71. The lowest BCUT2D eigenvalue weighted by Crippen LogP contribution is -2.44. The SMILES string of the molecule is O=C(CNC(=O)c1cc2ccccc2[nH]1)N[C@H](CO)C[C@@H]1CCNC1=O. The number of amides is 3. The first-order valence-electron chi connectivity index (χ1n) is 8.60. The number of aliphatic hydroxyl groups is 1. The summed E-state index contributed by atoms with van der Waals surface area (Å²) in [6.07, 6.45) is 1.08. The average molecular weight is 358 g/mol. The number of benzene rings is 1. The summed E-state index contributed by atoms with van der Waals surface area (Å²) in [7, 11) is 0. The van der Waals surface area contributed by atoms with Gasteiger partial charge in [-0.1, -0.05) is 18.2 Å². The van der Waals surface area contributed by atoms with Crippen molar-refractivity contribution in [3.05, 3.63) is 36.0 Å². The normalized spacial score (nSPS) is 17.7. The third-order valence-electron chi connectivity index (χ3n) is 4.50. The summed E-state index contributed by atoms with van der Waals surface area (Å²) in [5.74, 6) is -1.04. The Morgan fingerprint density at radius 3 is 2.81 bits per heavy atom. The minimum Gasteiger partial charge on any atom is -0.394 e. The van der Waals surface area contributed by atoms with Crippen LogP contribution in [0.4, 0.5) is 0 Å². The van der Waals surface area contributed by atoms with E-state index in [0.29, 0.717) is 25.1 Å². The van der Waals surface area contributed by atoms with Crippen LogP contribution >= 0.6 is 0 Å². The highest BCUT2D eigenvalue weighted by atomic mass is 16.3. The van der Waals surface area contributed by atoms with E-state index < -0.39 is 11.9 Å². The molecular formula is C18H22N4O4. The molecule has 8 nitrogen and oxygen atoms in total. The number of aromatic amines is 1. The number of aromatic nitrogens is 1. The first-order valence-corrected chi connectivity index (χ1v) is 8.60. The number of fused-ring (bicyclic) bond motifs is 1. The summed E-state index contributed by atoms with van der Waals surface area (Å²) in [6.45, 7) is 0.156. The number of carbonyl (C=O) groups excluding carboxylic acids is 3. The molecule has 0 radical (unpaired) electrons. The van der Waals surface area contributed by atoms with Crippen molar-refractivity contribution in [1.29, 1.82) is 0 Å². The molecule has 8 heteroatoms. The fraction of sp³-hybridized carbons (Fsp3) is 0.389. The van der Waals surface area contributed by atoms with Crippen LogP contribution in [0.1, 0.15) is 23.3 Å². The van der Waals surface area contributed by atoms with Crippen LogP contribution < -0.4 is 16.0 Å². The number of hydrogen-bond donors (Lipinski definition) is 5. The molecule has 1 aromatic carbocycles. The van der Waals surface area contributed by atoms with Crippen molar-refractivity contribution < 1.29 is 19.5 Å². The number of aliphatic hydroxyl groups excluding tert-OH is 1. The summed E-state index contributed by atoms with van der Waals surface area (Å²) in [5.41, 5.74) is 1.22. The van der Waals surface area contributed by atoms with E-state index in [9.17, 15) is 19.5 Å². The number of H-pyrrole nitrogens is 1. The summed E-state index contributed by atoms with van der Waals surface area (Å²) in [4.78, 5) is 38.8. The molecule has 1 aliphatic rings. The highest BCUT2D eigenvalue weighted by Crippen LogP contribution is 2.16. The number of rotatable bonds is 7. The third kappa shape index (κ3) is 4.20. The van der Waals surface area contributed by atoms with Crippen molar-refractivity contribution in [3.8, 4) is 0 Å². The maximum atomic E-state index is 12.2. The van der Waals surface area contributed by atoms with Gasteiger partial charge in [-0.3, -0.25) is 14.4 Å². The second-order valence-electron chi connectivity index (χ2n) is 6.41. The molecule has 0 bridgehead atoms. The van der Waals surface area contributed by atoms with Crippen LogP contribution in [0.25, 0.3) is 10.9 Å². The lowest BCUT2D eigenvalue weighted by atomic mass is 9.99. The van der Waals surface area contributed by atoms with Gasteiger partial charge in [0.2, 0.25) is 11.8 Å². The van der Waals surface area contributed by atoms with E-state index in [2.05, 4.69) is 20.9 Å². The number of carbonyl (C=O) groups is 3. The Morgan fingerprint density at radius 1 is 1.31 bits per heavy atom. The van der Waals surface area contributed by atoms with E-state index >= 15 is 0 Å². The molecular weight excluding hydrogens is 336 g/mol. The van der Waals surface area contributed by atoms with Gasteiger partial charge in [0.05, 0.1) is 19.2 Å².